The molecule has 1 heterocycles. The van der Waals surface area contributed by atoms with E-state index >= 15 is 0 Å². The maximum absolute atomic E-state index is 12.3. The normalized spacial score (nSPS) is 26.3. The summed E-state index contributed by atoms with van der Waals surface area (Å²) in [5.41, 5.74) is 1.73. The number of hydrogen-bond acceptors (Lipinski definition) is 4. The van der Waals surface area contributed by atoms with Gasteiger partial charge in [0.15, 0.2) is 0 Å². The predicted octanol–water partition coefficient (Wildman–Crippen LogP) is 1.67. The fourth-order valence-corrected chi connectivity index (χ4v) is 3.30. The molecule has 1 aliphatic carbocycles. The number of aliphatic hydroxyl groups excluding tert-OH is 2. The van der Waals surface area contributed by atoms with Gasteiger partial charge in [-0.25, -0.2) is 0 Å². The highest BCUT2D eigenvalue weighted by Gasteiger charge is 2.43. The van der Waals surface area contributed by atoms with Crippen LogP contribution in [0.2, 0.25) is 5.02 Å². The standard InChI is InChI=1S/C18H19ClN2O3/c19-13-5-3-11(4-6-13)8-16(23)21-17-14(9-15(22)18(17)24)12-2-1-7-20-10-12/h1-7,10,14-15,17-18,22,24H,8-9H2,(H,21,23). The Morgan fingerprint density at radius 2 is 2.00 bits per heavy atom. The molecular weight excluding hydrogens is 328 g/mol. The van der Waals surface area contributed by atoms with E-state index in [1.54, 1.807) is 42.7 Å². The minimum absolute atomic E-state index is 0.169. The molecule has 0 saturated heterocycles. The second kappa shape index (κ2) is 7.30. The monoisotopic (exact) mass is 346 g/mol. The average Bonchev–Trinajstić information content (AvgIpc) is 2.86. The zero-order chi connectivity index (χ0) is 17.1. The van der Waals surface area contributed by atoms with Gasteiger partial charge in [-0.15, -0.1) is 0 Å². The fourth-order valence-electron chi connectivity index (χ4n) is 3.17. The van der Waals surface area contributed by atoms with E-state index in [0.29, 0.717) is 11.4 Å². The van der Waals surface area contributed by atoms with Gasteiger partial charge in [0.2, 0.25) is 5.91 Å². The molecule has 1 amide bonds. The van der Waals surface area contributed by atoms with E-state index in [0.717, 1.165) is 11.1 Å². The van der Waals surface area contributed by atoms with Crippen LogP contribution in [0.3, 0.4) is 0 Å². The predicted molar refractivity (Wildman–Crippen MR) is 90.7 cm³/mol. The molecule has 1 aliphatic rings. The Balaban J connectivity index is 1.71. The molecule has 6 heteroatoms. The Labute approximate surface area is 145 Å². The molecule has 4 atom stereocenters. The number of aromatic nitrogens is 1. The van der Waals surface area contributed by atoms with Crippen molar-refractivity contribution in [2.45, 2.75) is 37.0 Å². The topological polar surface area (TPSA) is 82.5 Å². The van der Waals surface area contributed by atoms with Gasteiger partial charge in [-0.3, -0.25) is 9.78 Å². The molecule has 3 N–H and O–H groups in total. The Hall–Kier alpha value is -1.95. The number of benzene rings is 1. The van der Waals surface area contributed by atoms with Crippen LogP contribution < -0.4 is 5.32 Å². The van der Waals surface area contributed by atoms with Crippen LogP contribution in [0.5, 0.6) is 0 Å². The van der Waals surface area contributed by atoms with Crippen molar-refractivity contribution in [1.29, 1.82) is 0 Å². The van der Waals surface area contributed by atoms with Crippen molar-refractivity contribution in [3.63, 3.8) is 0 Å². The molecule has 1 fully saturated rings. The number of pyridine rings is 1. The van der Waals surface area contributed by atoms with Crippen LogP contribution in [0.25, 0.3) is 0 Å². The average molecular weight is 347 g/mol. The largest absolute Gasteiger partial charge is 0.390 e. The van der Waals surface area contributed by atoms with Crippen LogP contribution in [0, 0.1) is 0 Å². The van der Waals surface area contributed by atoms with Crippen molar-refractivity contribution in [1.82, 2.24) is 10.3 Å². The number of aliphatic hydroxyl groups is 2. The summed E-state index contributed by atoms with van der Waals surface area (Å²) in [6, 6.07) is 10.2. The van der Waals surface area contributed by atoms with E-state index in [-0.39, 0.29) is 18.2 Å². The van der Waals surface area contributed by atoms with Crippen LogP contribution in [-0.4, -0.2) is 39.4 Å². The first-order valence-electron chi connectivity index (χ1n) is 7.84. The summed E-state index contributed by atoms with van der Waals surface area (Å²) in [6.07, 6.45) is 2.09. The number of carbonyl (C=O) groups is 1. The molecule has 126 valence electrons. The lowest BCUT2D eigenvalue weighted by molar-refractivity contribution is -0.122. The van der Waals surface area contributed by atoms with Gasteiger partial charge < -0.3 is 15.5 Å². The number of amides is 1. The lowest BCUT2D eigenvalue weighted by atomic mass is 9.94. The molecule has 1 aromatic carbocycles. The maximum Gasteiger partial charge on any atom is 0.224 e. The highest BCUT2D eigenvalue weighted by Crippen LogP contribution is 2.35. The zero-order valence-corrected chi connectivity index (χ0v) is 13.7. The smallest absolute Gasteiger partial charge is 0.224 e. The Morgan fingerprint density at radius 1 is 1.25 bits per heavy atom. The van der Waals surface area contributed by atoms with Crippen molar-refractivity contribution in [3.05, 3.63) is 64.9 Å². The number of hydrogen-bond donors (Lipinski definition) is 3. The molecule has 3 rings (SSSR count). The van der Waals surface area contributed by atoms with Crippen LogP contribution in [0.15, 0.2) is 48.8 Å². The minimum Gasteiger partial charge on any atom is -0.390 e. The molecular formula is C18H19ClN2O3. The molecule has 2 aromatic rings. The molecule has 1 saturated carbocycles. The number of rotatable bonds is 4. The summed E-state index contributed by atoms with van der Waals surface area (Å²) in [4.78, 5) is 16.4. The van der Waals surface area contributed by atoms with Crippen LogP contribution >= 0.6 is 11.6 Å². The molecule has 24 heavy (non-hydrogen) atoms. The number of carbonyl (C=O) groups excluding carboxylic acids is 1. The van der Waals surface area contributed by atoms with Gasteiger partial charge >= 0.3 is 0 Å². The van der Waals surface area contributed by atoms with Crippen molar-refractivity contribution in [3.8, 4) is 0 Å². The minimum atomic E-state index is -0.996. The van der Waals surface area contributed by atoms with Gasteiger partial charge in [0, 0.05) is 23.3 Å². The Bertz CT molecular complexity index is 693. The SMILES string of the molecule is O=C(Cc1ccc(Cl)cc1)NC1C(c2cccnc2)CC(O)C1O. The number of halogens is 1. The molecule has 5 nitrogen and oxygen atoms in total. The van der Waals surface area contributed by atoms with Gasteiger partial charge in [-0.1, -0.05) is 29.8 Å². The maximum atomic E-state index is 12.3. The van der Waals surface area contributed by atoms with Crippen molar-refractivity contribution in [2.75, 3.05) is 0 Å². The summed E-state index contributed by atoms with van der Waals surface area (Å²) in [5.74, 6) is -0.373. The lowest BCUT2D eigenvalue weighted by Crippen LogP contribution is -2.45. The molecule has 4 unspecified atom stereocenters. The lowest BCUT2D eigenvalue weighted by Gasteiger charge is -2.23. The summed E-state index contributed by atoms with van der Waals surface area (Å²) in [6.45, 7) is 0. The molecule has 0 radical (unpaired) electrons. The highest BCUT2D eigenvalue weighted by molar-refractivity contribution is 6.30. The third-order valence-electron chi connectivity index (χ3n) is 4.41. The van der Waals surface area contributed by atoms with Gasteiger partial charge in [0.05, 0.1) is 18.6 Å². The van der Waals surface area contributed by atoms with Gasteiger partial charge in [-0.05, 0) is 35.7 Å². The van der Waals surface area contributed by atoms with Gasteiger partial charge in [0.25, 0.3) is 0 Å². The quantitative estimate of drug-likeness (QED) is 0.786. The van der Waals surface area contributed by atoms with Crippen molar-refractivity contribution < 1.29 is 15.0 Å². The molecule has 0 aliphatic heterocycles. The van der Waals surface area contributed by atoms with Crippen LogP contribution in [-0.2, 0) is 11.2 Å². The molecule has 0 bridgehead atoms. The summed E-state index contributed by atoms with van der Waals surface area (Å²) in [5, 5.41) is 23.7. The van der Waals surface area contributed by atoms with E-state index < -0.39 is 18.2 Å². The van der Waals surface area contributed by atoms with E-state index in [9.17, 15) is 15.0 Å². The van der Waals surface area contributed by atoms with E-state index in [1.165, 1.54) is 0 Å². The first-order valence-corrected chi connectivity index (χ1v) is 8.22. The van der Waals surface area contributed by atoms with Crippen LogP contribution in [0.1, 0.15) is 23.5 Å². The van der Waals surface area contributed by atoms with E-state index in [1.807, 2.05) is 6.07 Å². The van der Waals surface area contributed by atoms with Crippen LogP contribution in [0.4, 0.5) is 0 Å². The summed E-state index contributed by atoms with van der Waals surface area (Å²) < 4.78 is 0. The molecule has 1 aromatic heterocycles. The fraction of sp³-hybridized carbons (Fsp3) is 0.333. The second-order valence-electron chi connectivity index (χ2n) is 6.08. The van der Waals surface area contributed by atoms with Crippen molar-refractivity contribution in [2.24, 2.45) is 0 Å². The number of nitrogens with zero attached hydrogens (tertiary/aromatic N) is 1. The van der Waals surface area contributed by atoms with Gasteiger partial charge in [-0.2, -0.15) is 0 Å². The van der Waals surface area contributed by atoms with E-state index in [2.05, 4.69) is 10.3 Å². The number of nitrogens with one attached hydrogen (secondary N) is 1. The van der Waals surface area contributed by atoms with Crippen molar-refractivity contribution >= 4 is 17.5 Å². The first kappa shape index (κ1) is 16.9. The Kier molecular flexibility index (Phi) is 5.14. The Morgan fingerprint density at radius 3 is 2.67 bits per heavy atom. The third-order valence-corrected chi connectivity index (χ3v) is 4.66. The summed E-state index contributed by atoms with van der Waals surface area (Å²) in [7, 11) is 0. The highest BCUT2D eigenvalue weighted by atomic mass is 35.5. The summed E-state index contributed by atoms with van der Waals surface area (Å²) >= 11 is 5.84. The van der Waals surface area contributed by atoms with E-state index in [4.69, 9.17) is 11.6 Å². The second-order valence-corrected chi connectivity index (χ2v) is 6.52. The first-order chi connectivity index (χ1) is 11.5. The molecule has 0 spiro atoms. The zero-order valence-electron chi connectivity index (χ0n) is 13.0. The third kappa shape index (κ3) is 3.75. The van der Waals surface area contributed by atoms with Gasteiger partial charge in [0.1, 0.15) is 6.10 Å².